The van der Waals surface area contributed by atoms with Crippen molar-refractivity contribution < 1.29 is 18.8 Å². The Hall–Kier alpha value is -5.44. The van der Waals surface area contributed by atoms with Crippen molar-refractivity contribution in [2.75, 3.05) is 56.5 Å². The molecule has 3 fully saturated rings. The minimum Gasteiger partial charge on any atom is -0.385 e. The van der Waals surface area contributed by atoms with E-state index in [1.807, 2.05) is 43.6 Å². The number of rotatable bonds is 11. The second-order valence-corrected chi connectivity index (χ2v) is 15.8. The first kappa shape index (κ1) is 37.2. The molecule has 13 nitrogen and oxygen atoms in total. The lowest BCUT2D eigenvalue weighted by Gasteiger charge is -2.34. The number of nitrogens with one attached hydrogen (secondary N) is 3. The van der Waals surface area contributed by atoms with Crippen LogP contribution in [0.4, 0.5) is 21.6 Å². The highest BCUT2D eigenvalue weighted by Crippen LogP contribution is 2.40. The van der Waals surface area contributed by atoms with E-state index >= 15 is 0 Å². The monoisotopic (exact) mass is 790 g/mol. The van der Waals surface area contributed by atoms with Crippen LogP contribution in [0.3, 0.4) is 0 Å². The van der Waals surface area contributed by atoms with E-state index in [1.165, 1.54) is 21.8 Å². The number of benzene rings is 2. The van der Waals surface area contributed by atoms with Gasteiger partial charge in [0.2, 0.25) is 11.8 Å². The fraction of sp³-hybridized carbons (Fsp3) is 0.381. The Morgan fingerprint density at radius 2 is 1.77 bits per heavy atom. The summed E-state index contributed by atoms with van der Waals surface area (Å²) in [4.78, 5) is 53.6. The molecule has 6 heterocycles. The number of aromatic nitrogens is 4. The maximum atomic E-state index is 13.5. The minimum absolute atomic E-state index is 0.225. The highest BCUT2D eigenvalue weighted by molar-refractivity contribution is 6.31. The number of carbonyl (C=O) groups is 3. The molecule has 1 unspecified atom stereocenters. The average molecular weight is 791 g/mol. The number of amides is 3. The minimum atomic E-state index is -1.00. The van der Waals surface area contributed by atoms with Crippen molar-refractivity contribution in [3.63, 3.8) is 0 Å². The molecule has 1 aliphatic carbocycles. The molecule has 15 heteroatoms. The molecule has 9 rings (SSSR count). The van der Waals surface area contributed by atoms with Crippen LogP contribution < -0.4 is 20.9 Å². The standard InChI is InChI=1S/C42H44ClFN10O3/c1-45-35-21-38(50-54-37(23-47-40(35)54)42(57)48-34-20-32(34)44)53-14-12-28-27(3-2-4-36(28)53)33-9-6-26(22-46-33)24-52-17-15-51(16-18-52)13-11-25-5-8-31(43)30(19-25)29-7-10-39(55)49-41(29)56/h2-6,8-9,19,21-23,29,32,34,45H,7,10-18,20,24H2,1H3,(H,48,57)(H,49,55,56)/t29?,32-,34+/m0/s1. The summed E-state index contributed by atoms with van der Waals surface area (Å²) in [6.45, 7) is 6.33. The zero-order valence-corrected chi connectivity index (χ0v) is 32.4. The predicted molar refractivity (Wildman–Crippen MR) is 216 cm³/mol. The molecule has 3 amide bonds. The summed E-state index contributed by atoms with van der Waals surface area (Å²) >= 11 is 6.49. The molecule has 5 aromatic rings. The molecule has 1 saturated carbocycles. The molecule has 2 aromatic carbocycles. The molecular formula is C42H44ClFN10O3. The number of anilines is 3. The lowest BCUT2D eigenvalue weighted by Crippen LogP contribution is -2.46. The maximum Gasteiger partial charge on any atom is 0.271 e. The third-order valence-corrected chi connectivity index (χ3v) is 12.0. The number of piperazine rings is 1. The molecule has 3 aliphatic heterocycles. The van der Waals surface area contributed by atoms with Crippen LogP contribution in [-0.2, 0) is 29.0 Å². The van der Waals surface area contributed by atoms with E-state index in [2.05, 4.69) is 59.9 Å². The first-order chi connectivity index (χ1) is 27.7. The van der Waals surface area contributed by atoms with Gasteiger partial charge >= 0.3 is 0 Å². The summed E-state index contributed by atoms with van der Waals surface area (Å²) in [5, 5.41) is 13.8. The van der Waals surface area contributed by atoms with Gasteiger partial charge < -0.3 is 20.4 Å². The fourth-order valence-electron chi connectivity index (χ4n) is 8.29. The highest BCUT2D eigenvalue weighted by Gasteiger charge is 2.39. The molecule has 0 spiro atoms. The summed E-state index contributed by atoms with van der Waals surface area (Å²) < 4.78 is 15.1. The maximum absolute atomic E-state index is 13.5. The number of fused-ring (bicyclic) bond motifs is 2. The summed E-state index contributed by atoms with van der Waals surface area (Å²) in [5.74, 6) is -0.597. The number of nitrogens with zero attached hydrogens (tertiary/aromatic N) is 7. The molecule has 3 aromatic heterocycles. The summed E-state index contributed by atoms with van der Waals surface area (Å²) in [6.07, 6.45) is 5.29. The molecular weight excluding hydrogens is 747 g/mol. The number of imide groups is 1. The van der Waals surface area contributed by atoms with E-state index in [1.54, 1.807) is 0 Å². The fourth-order valence-corrected chi connectivity index (χ4v) is 8.54. The zero-order valence-electron chi connectivity index (χ0n) is 31.7. The van der Waals surface area contributed by atoms with Gasteiger partial charge in [-0.25, -0.2) is 13.9 Å². The predicted octanol–water partition coefficient (Wildman–Crippen LogP) is 4.90. The van der Waals surface area contributed by atoms with E-state index in [4.69, 9.17) is 21.7 Å². The highest BCUT2D eigenvalue weighted by atomic mass is 35.5. The van der Waals surface area contributed by atoms with Crippen molar-refractivity contribution in [1.82, 2.24) is 40.0 Å². The van der Waals surface area contributed by atoms with Gasteiger partial charge in [0.1, 0.15) is 6.17 Å². The number of pyridine rings is 1. The van der Waals surface area contributed by atoms with Crippen LogP contribution in [0, 0.1) is 0 Å². The zero-order chi connectivity index (χ0) is 39.2. The largest absolute Gasteiger partial charge is 0.385 e. The van der Waals surface area contributed by atoms with Gasteiger partial charge in [0.05, 0.1) is 29.5 Å². The van der Waals surface area contributed by atoms with Gasteiger partial charge in [-0.15, -0.1) is 5.10 Å². The molecule has 57 heavy (non-hydrogen) atoms. The topological polar surface area (TPSA) is 140 Å². The van der Waals surface area contributed by atoms with Gasteiger partial charge in [-0.2, -0.15) is 0 Å². The Morgan fingerprint density at radius 1 is 0.965 bits per heavy atom. The van der Waals surface area contributed by atoms with Crippen LogP contribution in [0.5, 0.6) is 0 Å². The SMILES string of the molecule is CNc1cc(N2CCc3c(-c4ccc(CN5CCN(CCc6ccc(Cl)c(C7CCC(=O)NC7=O)c6)CC5)cn4)cccc32)nn2c(C(=O)N[C@@H]3C[C@@H]3F)cnc12. The number of alkyl halides is 1. The summed E-state index contributed by atoms with van der Waals surface area (Å²) in [7, 11) is 1.81. The van der Waals surface area contributed by atoms with Gasteiger partial charge in [0, 0.05) is 94.2 Å². The Bertz CT molecular complexity index is 2360. The Balaban J connectivity index is 0.821. The van der Waals surface area contributed by atoms with Gasteiger partial charge in [0.25, 0.3) is 5.91 Å². The molecule has 0 radical (unpaired) electrons. The van der Waals surface area contributed by atoms with E-state index < -0.39 is 18.1 Å². The number of imidazole rings is 1. The summed E-state index contributed by atoms with van der Waals surface area (Å²) in [5.41, 5.74) is 8.88. The number of carbonyl (C=O) groups excluding carboxylic acids is 3. The third-order valence-electron chi connectivity index (χ3n) is 11.7. The van der Waals surface area contributed by atoms with Crippen LogP contribution in [0.25, 0.3) is 16.9 Å². The van der Waals surface area contributed by atoms with Gasteiger partial charge in [-0.1, -0.05) is 41.9 Å². The first-order valence-electron chi connectivity index (χ1n) is 19.7. The quantitative estimate of drug-likeness (QED) is 0.158. The van der Waals surface area contributed by atoms with E-state index in [0.717, 1.165) is 85.9 Å². The molecule has 3 atom stereocenters. The molecule has 294 valence electrons. The van der Waals surface area contributed by atoms with E-state index in [0.29, 0.717) is 42.3 Å². The van der Waals surface area contributed by atoms with Crippen LogP contribution in [0.1, 0.15) is 57.9 Å². The normalized spacial score (nSPS) is 21.1. The van der Waals surface area contributed by atoms with Crippen molar-refractivity contribution in [3.8, 4) is 11.3 Å². The number of hydrogen-bond acceptors (Lipinski definition) is 10. The number of piperidine rings is 1. The van der Waals surface area contributed by atoms with Crippen LogP contribution in [-0.4, -0.2) is 106 Å². The van der Waals surface area contributed by atoms with Crippen molar-refractivity contribution in [2.24, 2.45) is 0 Å². The van der Waals surface area contributed by atoms with Gasteiger partial charge in [0.15, 0.2) is 17.2 Å². The van der Waals surface area contributed by atoms with Crippen LogP contribution in [0.15, 0.2) is 67.0 Å². The Kier molecular flexibility index (Phi) is 10.1. The second-order valence-electron chi connectivity index (χ2n) is 15.4. The molecule has 4 aliphatic rings. The van der Waals surface area contributed by atoms with Crippen molar-refractivity contribution in [3.05, 3.63) is 100.0 Å². The van der Waals surface area contributed by atoms with Gasteiger partial charge in [-0.05, 0) is 59.7 Å². The lowest BCUT2D eigenvalue weighted by atomic mass is 9.89. The van der Waals surface area contributed by atoms with Crippen LogP contribution in [0.2, 0.25) is 5.02 Å². The average Bonchev–Trinajstić information content (AvgIpc) is 3.54. The molecule has 3 N–H and O–H groups in total. The van der Waals surface area contributed by atoms with Crippen LogP contribution >= 0.6 is 11.6 Å². The second kappa shape index (κ2) is 15.5. The van der Waals surface area contributed by atoms with Gasteiger partial charge in [-0.3, -0.25) is 29.6 Å². The van der Waals surface area contributed by atoms with Crippen molar-refractivity contribution in [2.45, 2.75) is 56.8 Å². The Labute approximate surface area is 334 Å². The first-order valence-corrected chi connectivity index (χ1v) is 20.0. The third kappa shape index (κ3) is 7.56. The Morgan fingerprint density at radius 3 is 2.53 bits per heavy atom. The van der Waals surface area contributed by atoms with Crippen molar-refractivity contribution in [1.29, 1.82) is 0 Å². The lowest BCUT2D eigenvalue weighted by molar-refractivity contribution is -0.134. The molecule has 2 saturated heterocycles. The number of halogens is 2. The molecule has 0 bridgehead atoms. The van der Waals surface area contributed by atoms with E-state index in [9.17, 15) is 18.8 Å². The smallest absolute Gasteiger partial charge is 0.271 e. The van der Waals surface area contributed by atoms with Crippen molar-refractivity contribution >= 4 is 52.2 Å². The van der Waals surface area contributed by atoms with E-state index in [-0.39, 0.29) is 23.4 Å². The summed E-state index contributed by atoms with van der Waals surface area (Å²) in [6, 6.07) is 18.0. The number of hydrogen-bond donors (Lipinski definition) is 3.